The molecule has 0 spiro atoms. The van der Waals surface area contributed by atoms with E-state index in [-0.39, 0.29) is 18.0 Å². The molecule has 9 heteroatoms. The Morgan fingerprint density at radius 1 is 1.52 bits per heavy atom. The first-order valence-corrected chi connectivity index (χ1v) is 6.70. The summed E-state index contributed by atoms with van der Waals surface area (Å²) < 4.78 is 2.78. The largest absolute Gasteiger partial charge is 0.393 e. The molecule has 8 nitrogen and oxygen atoms in total. The van der Waals surface area contributed by atoms with E-state index in [0.717, 1.165) is 0 Å². The number of carbonyl (C=O) groups excluding carboxylic acids is 1. The smallest absolute Gasteiger partial charge is 0.264 e. The first-order valence-electron chi connectivity index (χ1n) is 6.29. The zero-order valence-corrected chi connectivity index (χ0v) is 12.6. The Labute approximate surface area is 126 Å². The van der Waals surface area contributed by atoms with Gasteiger partial charge in [-0.15, -0.1) is 0 Å². The Hall–Kier alpha value is -2.29. The summed E-state index contributed by atoms with van der Waals surface area (Å²) in [7, 11) is 3.34. The molecule has 0 aromatic carbocycles. The highest BCUT2D eigenvalue weighted by Gasteiger charge is 2.13. The van der Waals surface area contributed by atoms with E-state index in [9.17, 15) is 9.59 Å². The topological polar surface area (TPSA) is 99.0 Å². The summed E-state index contributed by atoms with van der Waals surface area (Å²) in [5.74, 6) is -0.210. The van der Waals surface area contributed by atoms with Crippen LogP contribution in [0.4, 0.5) is 0 Å². The monoisotopic (exact) mass is 308 g/mol. The summed E-state index contributed by atoms with van der Waals surface area (Å²) in [6.45, 7) is 0.343. The summed E-state index contributed by atoms with van der Waals surface area (Å²) in [6, 6.07) is 0. The molecule has 0 aliphatic rings. The number of carbonyl (C=O) groups is 1. The molecule has 0 bridgehead atoms. The standard InChI is InChI=1S/C12H16N6O2S/c1-16(4-3-9(13)21)10(19)6-18-7-14-11-8(12(18)20)5-15-17(11)2/h5,7H,3-4,6H2,1-2H3,(H2,13,21). The molecule has 0 saturated heterocycles. The van der Waals surface area contributed by atoms with E-state index < -0.39 is 0 Å². The fourth-order valence-electron chi connectivity index (χ4n) is 1.85. The average Bonchev–Trinajstić information content (AvgIpc) is 2.81. The fourth-order valence-corrected chi connectivity index (χ4v) is 1.94. The van der Waals surface area contributed by atoms with Gasteiger partial charge in [0.15, 0.2) is 5.65 Å². The third-order valence-electron chi connectivity index (χ3n) is 3.14. The van der Waals surface area contributed by atoms with Crippen molar-refractivity contribution in [2.24, 2.45) is 12.8 Å². The van der Waals surface area contributed by atoms with Gasteiger partial charge in [-0.05, 0) is 0 Å². The molecule has 0 unspecified atom stereocenters. The number of thiocarbonyl (C=S) groups is 1. The maximum Gasteiger partial charge on any atom is 0.264 e. The van der Waals surface area contributed by atoms with E-state index in [2.05, 4.69) is 10.1 Å². The normalized spacial score (nSPS) is 10.8. The van der Waals surface area contributed by atoms with Gasteiger partial charge in [-0.1, -0.05) is 12.2 Å². The van der Waals surface area contributed by atoms with E-state index in [0.29, 0.717) is 29.0 Å². The van der Waals surface area contributed by atoms with Crippen molar-refractivity contribution in [1.82, 2.24) is 24.2 Å². The van der Waals surface area contributed by atoms with Crippen LogP contribution in [0.3, 0.4) is 0 Å². The van der Waals surface area contributed by atoms with Crippen LogP contribution in [0.5, 0.6) is 0 Å². The minimum atomic E-state index is -0.288. The lowest BCUT2D eigenvalue weighted by molar-refractivity contribution is -0.130. The number of amides is 1. The van der Waals surface area contributed by atoms with Crippen LogP contribution in [0.25, 0.3) is 11.0 Å². The quantitative estimate of drug-likeness (QED) is 0.731. The summed E-state index contributed by atoms with van der Waals surface area (Å²) in [4.78, 5) is 30.3. The second-order valence-electron chi connectivity index (χ2n) is 4.71. The molecule has 1 amide bonds. The lowest BCUT2D eigenvalue weighted by Gasteiger charge is -2.17. The maximum atomic E-state index is 12.2. The van der Waals surface area contributed by atoms with Gasteiger partial charge in [0.25, 0.3) is 5.56 Å². The van der Waals surface area contributed by atoms with Crippen LogP contribution in [0.2, 0.25) is 0 Å². The summed E-state index contributed by atoms with van der Waals surface area (Å²) in [6.07, 6.45) is 3.25. The van der Waals surface area contributed by atoms with Gasteiger partial charge < -0.3 is 10.6 Å². The number of hydrogen-bond acceptors (Lipinski definition) is 5. The Kier molecular flexibility index (Phi) is 4.32. The molecule has 0 aliphatic heterocycles. The van der Waals surface area contributed by atoms with Crippen molar-refractivity contribution >= 4 is 34.1 Å². The molecular weight excluding hydrogens is 292 g/mol. The van der Waals surface area contributed by atoms with E-state index in [1.165, 1.54) is 26.7 Å². The van der Waals surface area contributed by atoms with E-state index >= 15 is 0 Å². The Morgan fingerprint density at radius 3 is 2.90 bits per heavy atom. The highest BCUT2D eigenvalue weighted by atomic mass is 32.1. The number of fused-ring (bicyclic) bond motifs is 1. The maximum absolute atomic E-state index is 12.2. The molecule has 21 heavy (non-hydrogen) atoms. The van der Waals surface area contributed by atoms with Gasteiger partial charge >= 0.3 is 0 Å². The van der Waals surface area contributed by atoms with Gasteiger partial charge in [0.1, 0.15) is 18.3 Å². The Balaban J connectivity index is 2.16. The first-order chi connectivity index (χ1) is 9.90. The molecule has 2 rings (SSSR count). The molecule has 112 valence electrons. The molecule has 0 radical (unpaired) electrons. The molecule has 2 N–H and O–H groups in total. The SMILES string of the molecule is CN(CCC(N)=S)C(=O)Cn1cnc2c(cnn2C)c1=O. The second kappa shape index (κ2) is 6.00. The molecule has 2 heterocycles. The van der Waals surface area contributed by atoms with Crippen molar-refractivity contribution in [2.75, 3.05) is 13.6 Å². The summed E-state index contributed by atoms with van der Waals surface area (Å²) in [5.41, 5.74) is 5.60. The number of hydrogen-bond donors (Lipinski definition) is 1. The molecule has 0 saturated carbocycles. The zero-order valence-electron chi connectivity index (χ0n) is 11.8. The molecule has 0 atom stereocenters. The second-order valence-corrected chi connectivity index (χ2v) is 5.24. The lowest BCUT2D eigenvalue weighted by atomic mass is 10.3. The minimum absolute atomic E-state index is 0.0789. The average molecular weight is 308 g/mol. The number of aromatic nitrogens is 4. The van der Waals surface area contributed by atoms with Crippen molar-refractivity contribution in [1.29, 1.82) is 0 Å². The highest BCUT2D eigenvalue weighted by molar-refractivity contribution is 7.80. The van der Waals surface area contributed by atoms with Gasteiger partial charge in [0.2, 0.25) is 5.91 Å². The minimum Gasteiger partial charge on any atom is -0.393 e. The van der Waals surface area contributed by atoms with Crippen molar-refractivity contribution in [2.45, 2.75) is 13.0 Å². The van der Waals surface area contributed by atoms with Crippen LogP contribution in [-0.4, -0.2) is 48.7 Å². The van der Waals surface area contributed by atoms with Gasteiger partial charge in [-0.25, -0.2) is 4.98 Å². The molecule has 2 aromatic heterocycles. The predicted molar refractivity (Wildman–Crippen MR) is 81.8 cm³/mol. The van der Waals surface area contributed by atoms with Gasteiger partial charge in [-0.2, -0.15) is 5.10 Å². The van der Waals surface area contributed by atoms with Crippen molar-refractivity contribution < 1.29 is 4.79 Å². The van der Waals surface area contributed by atoms with Gasteiger partial charge in [-0.3, -0.25) is 18.8 Å². The van der Waals surface area contributed by atoms with Crippen molar-refractivity contribution in [3.8, 4) is 0 Å². The number of rotatable bonds is 5. The van der Waals surface area contributed by atoms with Gasteiger partial charge in [0.05, 0.1) is 11.2 Å². The Bertz CT molecular complexity index is 750. The van der Waals surface area contributed by atoms with Crippen molar-refractivity contribution in [3.63, 3.8) is 0 Å². The highest BCUT2D eigenvalue weighted by Crippen LogP contribution is 2.03. The van der Waals surface area contributed by atoms with E-state index in [1.807, 2.05) is 0 Å². The van der Waals surface area contributed by atoms with E-state index in [1.54, 1.807) is 14.1 Å². The van der Waals surface area contributed by atoms with Crippen LogP contribution in [-0.2, 0) is 18.4 Å². The zero-order chi connectivity index (χ0) is 15.6. The molecular formula is C12H16N6O2S. The van der Waals surface area contributed by atoms with Crippen LogP contribution in [0.1, 0.15) is 6.42 Å². The number of likely N-dealkylation sites (N-methyl/N-ethyl adjacent to an activating group) is 1. The van der Waals surface area contributed by atoms with Gasteiger partial charge in [0, 0.05) is 27.1 Å². The number of aryl methyl sites for hydroxylation is 1. The third-order valence-corrected chi connectivity index (χ3v) is 3.35. The van der Waals surface area contributed by atoms with Crippen LogP contribution < -0.4 is 11.3 Å². The van der Waals surface area contributed by atoms with Crippen LogP contribution in [0.15, 0.2) is 17.3 Å². The van der Waals surface area contributed by atoms with Crippen molar-refractivity contribution in [3.05, 3.63) is 22.9 Å². The van der Waals surface area contributed by atoms with Crippen LogP contribution >= 0.6 is 12.2 Å². The molecule has 0 aliphatic carbocycles. The molecule has 0 fully saturated rings. The first kappa shape index (κ1) is 15.1. The molecule has 2 aromatic rings. The lowest BCUT2D eigenvalue weighted by Crippen LogP contribution is -2.35. The number of nitrogens with zero attached hydrogens (tertiary/aromatic N) is 5. The van der Waals surface area contributed by atoms with E-state index in [4.69, 9.17) is 18.0 Å². The third kappa shape index (κ3) is 3.24. The Morgan fingerprint density at radius 2 is 2.24 bits per heavy atom. The predicted octanol–water partition coefficient (Wildman–Crippen LogP) is -0.735. The summed E-state index contributed by atoms with van der Waals surface area (Å²) >= 11 is 4.77. The van der Waals surface area contributed by atoms with Crippen LogP contribution in [0, 0.1) is 0 Å². The fraction of sp³-hybridized carbons (Fsp3) is 0.417. The summed E-state index contributed by atoms with van der Waals surface area (Å²) in [5, 5.41) is 4.37. The number of nitrogens with two attached hydrogens (primary N) is 1.